The summed E-state index contributed by atoms with van der Waals surface area (Å²) in [6.45, 7) is 6.02. The molecule has 1 aliphatic rings. The molecule has 1 heterocycles. The molecule has 0 aliphatic carbocycles. The van der Waals surface area contributed by atoms with E-state index in [1.54, 1.807) is 11.8 Å². The minimum Gasteiger partial charge on any atom is -0.386 e. The van der Waals surface area contributed by atoms with Crippen molar-refractivity contribution in [3.8, 4) is 0 Å². The van der Waals surface area contributed by atoms with Gasteiger partial charge in [-0.3, -0.25) is 4.79 Å². The molecule has 1 amide bonds. The van der Waals surface area contributed by atoms with E-state index in [2.05, 4.69) is 12.2 Å². The normalized spacial score (nSPS) is 19.8. The van der Waals surface area contributed by atoms with Crippen molar-refractivity contribution in [1.29, 1.82) is 0 Å². The summed E-state index contributed by atoms with van der Waals surface area (Å²) in [6, 6.07) is 0. The predicted molar refractivity (Wildman–Crippen MR) is 50.4 cm³/mol. The lowest BCUT2D eigenvalue weighted by atomic mass is 9.97. The van der Waals surface area contributed by atoms with Crippen molar-refractivity contribution in [2.75, 3.05) is 26.2 Å². The maximum Gasteiger partial charge on any atom is 0.236 e. The van der Waals surface area contributed by atoms with Gasteiger partial charge in [0.05, 0.1) is 25.2 Å². The lowest BCUT2D eigenvalue weighted by molar-refractivity contribution is -0.151. The highest BCUT2D eigenvalue weighted by molar-refractivity contribution is 5.79. The Kier molecular flexibility index (Phi) is 3.27. The monoisotopic (exact) mass is 186 g/mol. The first-order valence-electron chi connectivity index (χ1n) is 4.76. The molecule has 13 heavy (non-hydrogen) atoms. The Morgan fingerprint density at radius 2 is 2.23 bits per heavy atom. The number of β-amino-alcohol motifs (C(OH)–C–C–N with tert-alkyl or cyclic N) is 1. The zero-order valence-electron chi connectivity index (χ0n) is 8.34. The molecule has 0 spiro atoms. The molecule has 0 saturated carbocycles. The Morgan fingerprint density at radius 1 is 1.62 bits per heavy atom. The van der Waals surface area contributed by atoms with E-state index in [9.17, 15) is 9.90 Å². The van der Waals surface area contributed by atoms with Gasteiger partial charge in [-0.25, -0.2) is 0 Å². The van der Waals surface area contributed by atoms with Crippen LogP contribution in [-0.4, -0.2) is 47.7 Å². The van der Waals surface area contributed by atoms with Crippen LogP contribution in [0.5, 0.6) is 0 Å². The van der Waals surface area contributed by atoms with E-state index >= 15 is 0 Å². The first kappa shape index (κ1) is 10.5. The largest absolute Gasteiger partial charge is 0.386 e. The highest BCUT2D eigenvalue weighted by atomic mass is 16.3. The predicted octanol–water partition coefficient (Wildman–Crippen LogP) is -0.421. The number of hydrogen-bond acceptors (Lipinski definition) is 3. The summed E-state index contributed by atoms with van der Waals surface area (Å²) in [7, 11) is 0. The van der Waals surface area contributed by atoms with Gasteiger partial charge in [0.25, 0.3) is 0 Å². The molecule has 0 radical (unpaired) electrons. The summed E-state index contributed by atoms with van der Waals surface area (Å²) in [5.74, 6) is 0.0833. The standard InChI is InChI=1S/C9H18N2O2/c1-3-4-10-5-8(12)11-6-9(2,13)7-11/h10,13H,3-7H2,1-2H3. The second-order valence-corrected chi connectivity index (χ2v) is 3.92. The molecule has 0 aromatic heterocycles. The lowest BCUT2D eigenvalue weighted by Crippen LogP contribution is -2.63. The van der Waals surface area contributed by atoms with Crippen LogP contribution in [0.25, 0.3) is 0 Å². The molecular formula is C9H18N2O2. The Balaban J connectivity index is 2.12. The molecule has 1 rings (SSSR count). The van der Waals surface area contributed by atoms with Crippen molar-refractivity contribution in [3.63, 3.8) is 0 Å². The van der Waals surface area contributed by atoms with Gasteiger partial charge in [-0.2, -0.15) is 0 Å². The van der Waals surface area contributed by atoms with Crippen LogP contribution < -0.4 is 5.32 Å². The second-order valence-electron chi connectivity index (χ2n) is 3.92. The number of aliphatic hydroxyl groups is 1. The molecule has 1 saturated heterocycles. The van der Waals surface area contributed by atoms with Gasteiger partial charge in [0.2, 0.25) is 5.91 Å². The van der Waals surface area contributed by atoms with E-state index in [4.69, 9.17) is 0 Å². The summed E-state index contributed by atoms with van der Waals surface area (Å²) in [4.78, 5) is 13.0. The molecule has 0 unspecified atom stereocenters. The van der Waals surface area contributed by atoms with Crippen LogP contribution >= 0.6 is 0 Å². The number of nitrogens with one attached hydrogen (secondary N) is 1. The number of rotatable bonds is 4. The first-order chi connectivity index (χ1) is 6.05. The van der Waals surface area contributed by atoms with E-state index < -0.39 is 5.60 Å². The fraction of sp³-hybridized carbons (Fsp3) is 0.889. The number of carbonyl (C=O) groups is 1. The second kappa shape index (κ2) is 4.07. The average molecular weight is 186 g/mol. The fourth-order valence-corrected chi connectivity index (χ4v) is 1.44. The quantitative estimate of drug-likeness (QED) is 0.586. The highest BCUT2D eigenvalue weighted by Crippen LogP contribution is 2.18. The van der Waals surface area contributed by atoms with Crippen molar-refractivity contribution in [1.82, 2.24) is 10.2 Å². The fourth-order valence-electron chi connectivity index (χ4n) is 1.44. The van der Waals surface area contributed by atoms with Gasteiger partial charge in [0, 0.05) is 0 Å². The van der Waals surface area contributed by atoms with Gasteiger partial charge < -0.3 is 15.3 Å². The Bertz CT molecular complexity index is 184. The van der Waals surface area contributed by atoms with Gasteiger partial charge in [0.15, 0.2) is 0 Å². The van der Waals surface area contributed by atoms with Crippen LogP contribution in [0.15, 0.2) is 0 Å². The molecule has 0 atom stereocenters. The first-order valence-corrected chi connectivity index (χ1v) is 4.76. The zero-order chi connectivity index (χ0) is 9.90. The summed E-state index contributed by atoms with van der Waals surface area (Å²) < 4.78 is 0. The van der Waals surface area contributed by atoms with Crippen molar-refractivity contribution in [2.45, 2.75) is 25.9 Å². The van der Waals surface area contributed by atoms with E-state index in [0.29, 0.717) is 19.6 Å². The van der Waals surface area contributed by atoms with Gasteiger partial charge in [-0.05, 0) is 19.9 Å². The van der Waals surface area contributed by atoms with Crippen LogP contribution in [0.1, 0.15) is 20.3 Å². The smallest absolute Gasteiger partial charge is 0.236 e. The minimum absolute atomic E-state index is 0.0833. The van der Waals surface area contributed by atoms with Crippen LogP contribution in [0.2, 0.25) is 0 Å². The van der Waals surface area contributed by atoms with Gasteiger partial charge in [0.1, 0.15) is 0 Å². The van der Waals surface area contributed by atoms with Crippen molar-refractivity contribution >= 4 is 5.91 Å². The van der Waals surface area contributed by atoms with Crippen LogP contribution in [-0.2, 0) is 4.79 Å². The molecule has 1 aliphatic heterocycles. The number of carbonyl (C=O) groups excluding carboxylic acids is 1. The summed E-state index contributed by atoms with van der Waals surface area (Å²) in [6.07, 6.45) is 1.03. The highest BCUT2D eigenvalue weighted by Gasteiger charge is 2.38. The molecule has 4 heteroatoms. The molecule has 0 bridgehead atoms. The number of hydrogen-bond donors (Lipinski definition) is 2. The maximum atomic E-state index is 11.3. The van der Waals surface area contributed by atoms with Crippen molar-refractivity contribution in [3.05, 3.63) is 0 Å². The average Bonchev–Trinajstić information content (AvgIpc) is 2.00. The van der Waals surface area contributed by atoms with Crippen LogP contribution in [0, 0.1) is 0 Å². The molecule has 0 aromatic carbocycles. The Hall–Kier alpha value is -0.610. The SMILES string of the molecule is CCCNCC(=O)N1CC(C)(O)C1. The molecule has 0 aromatic rings. The lowest BCUT2D eigenvalue weighted by Gasteiger charge is -2.44. The third-order valence-electron chi connectivity index (χ3n) is 2.12. The maximum absolute atomic E-state index is 11.3. The molecule has 2 N–H and O–H groups in total. The van der Waals surface area contributed by atoms with E-state index in [1.165, 1.54) is 0 Å². The molecule has 4 nitrogen and oxygen atoms in total. The summed E-state index contributed by atoms with van der Waals surface area (Å²) in [5, 5.41) is 12.4. The van der Waals surface area contributed by atoms with E-state index in [0.717, 1.165) is 13.0 Å². The van der Waals surface area contributed by atoms with Gasteiger partial charge in [-0.15, -0.1) is 0 Å². The van der Waals surface area contributed by atoms with E-state index in [-0.39, 0.29) is 5.91 Å². The third kappa shape index (κ3) is 2.97. The zero-order valence-corrected chi connectivity index (χ0v) is 8.34. The number of likely N-dealkylation sites (tertiary alicyclic amines) is 1. The third-order valence-corrected chi connectivity index (χ3v) is 2.12. The van der Waals surface area contributed by atoms with Gasteiger partial charge in [-0.1, -0.05) is 6.92 Å². The molecule has 76 valence electrons. The number of nitrogens with zero attached hydrogens (tertiary/aromatic N) is 1. The van der Waals surface area contributed by atoms with Crippen molar-refractivity contribution in [2.24, 2.45) is 0 Å². The van der Waals surface area contributed by atoms with Crippen LogP contribution in [0.3, 0.4) is 0 Å². The van der Waals surface area contributed by atoms with E-state index in [1.807, 2.05) is 0 Å². The summed E-state index contributed by atoms with van der Waals surface area (Å²) >= 11 is 0. The van der Waals surface area contributed by atoms with Crippen LogP contribution in [0.4, 0.5) is 0 Å². The molecular weight excluding hydrogens is 168 g/mol. The molecule has 1 fully saturated rings. The Morgan fingerprint density at radius 3 is 2.69 bits per heavy atom. The summed E-state index contributed by atoms with van der Waals surface area (Å²) in [5.41, 5.74) is -0.652. The Labute approximate surface area is 78.9 Å². The number of amides is 1. The topological polar surface area (TPSA) is 52.6 Å². The van der Waals surface area contributed by atoms with Gasteiger partial charge >= 0.3 is 0 Å². The van der Waals surface area contributed by atoms with Crippen molar-refractivity contribution < 1.29 is 9.90 Å². The minimum atomic E-state index is -0.652.